The molecule has 0 spiro atoms. The highest BCUT2D eigenvalue weighted by molar-refractivity contribution is 7.47. The predicted octanol–water partition coefficient (Wildman–Crippen LogP) is 6.77. The van der Waals surface area contributed by atoms with E-state index in [1.807, 2.05) is 0 Å². The highest BCUT2D eigenvalue weighted by Crippen LogP contribution is 2.43. The molecule has 0 heterocycles. The maximum atomic E-state index is 12.0. The molecule has 0 aliphatic carbocycles. The van der Waals surface area contributed by atoms with Gasteiger partial charge >= 0.3 is 19.8 Å². The van der Waals surface area contributed by atoms with Crippen molar-refractivity contribution >= 4 is 19.8 Å². The zero-order valence-electron chi connectivity index (χ0n) is 25.8. The van der Waals surface area contributed by atoms with Crippen molar-refractivity contribution in [2.24, 2.45) is 0 Å². The van der Waals surface area contributed by atoms with E-state index in [1.54, 1.807) is 0 Å². The fourth-order valence-electron chi connectivity index (χ4n) is 4.40. The molecule has 0 fully saturated rings. The fraction of sp³-hybridized carbons (Fsp3) is 0.933. The molecule has 0 radical (unpaired) electrons. The van der Waals surface area contributed by atoms with Crippen molar-refractivity contribution < 1.29 is 47.8 Å². The molecule has 244 valence electrons. The first-order chi connectivity index (χ1) is 19.7. The molecule has 0 rings (SSSR count). The summed E-state index contributed by atoms with van der Waals surface area (Å²) >= 11 is 0. The summed E-state index contributed by atoms with van der Waals surface area (Å²) in [5.74, 6) is -1.11. The zero-order valence-corrected chi connectivity index (χ0v) is 26.7. The Balaban J connectivity index is 3.71. The van der Waals surface area contributed by atoms with E-state index in [4.69, 9.17) is 19.1 Å². The topological polar surface area (TPSA) is 149 Å². The Morgan fingerprint density at radius 3 is 1.51 bits per heavy atom. The molecule has 3 atom stereocenters. The first-order valence-corrected chi connectivity index (χ1v) is 17.4. The van der Waals surface area contributed by atoms with Crippen molar-refractivity contribution in [1.82, 2.24) is 0 Å². The minimum atomic E-state index is -4.56. The summed E-state index contributed by atoms with van der Waals surface area (Å²) in [4.78, 5) is 33.0. The summed E-state index contributed by atoms with van der Waals surface area (Å²) in [6, 6.07) is 0. The van der Waals surface area contributed by atoms with E-state index < -0.39 is 51.8 Å². The summed E-state index contributed by atoms with van der Waals surface area (Å²) in [6.07, 6.45) is 22.1. The van der Waals surface area contributed by atoms with Crippen LogP contribution in [-0.4, -0.2) is 65.7 Å². The molecule has 1 unspecified atom stereocenters. The summed E-state index contributed by atoms with van der Waals surface area (Å²) in [5.41, 5.74) is 0. The number of carbonyl (C=O) groups excluding carboxylic acids is 2. The molecular formula is C30H59O10P. The van der Waals surface area contributed by atoms with Gasteiger partial charge in [-0.15, -0.1) is 0 Å². The number of rotatable bonds is 30. The number of ether oxygens (including phenoxy) is 2. The lowest BCUT2D eigenvalue weighted by atomic mass is 10.0. The van der Waals surface area contributed by atoms with Crippen LogP contribution < -0.4 is 0 Å². The molecular weight excluding hydrogens is 551 g/mol. The standard InChI is InChI=1S/C30H59O10P/c1-3-4-5-6-7-8-9-10-11-12-13-14-15-16-17-18-19-20-21-22-30(34)37-25-29(40-27(2)32)26-39-41(35,36)38-24-28(33)23-31/h28-29,31,33H,3-26H2,1-2H3,(H,35,36)/t28-,29+/m0/s1. The fourth-order valence-corrected chi connectivity index (χ4v) is 5.19. The summed E-state index contributed by atoms with van der Waals surface area (Å²) in [7, 11) is -4.56. The normalized spacial score (nSPS) is 14.4. The Morgan fingerprint density at radius 1 is 0.683 bits per heavy atom. The van der Waals surface area contributed by atoms with Crippen LogP contribution in [0.1, 0.15) is 142 Å². The van der Waals surface area contributed by atoms with Gasteiger partial charge in [0.15, 0.2) is 6.10 Å². The van der Waals surface area contributed by atoms with Gasteiger partial charge in [-0.2, -0.15) is 0 Å². The van der Waals surface area contributed by atoms with Crippen LogP contribution in [0, 0.1) is 0 Å². The van der Waals surface area contributed by atoms with Crippen molar-refractivity contribution in [3.63, 3.8) is 0 Å². The number of unbranched alkanes of at least 4 members (excludes halogenated alkanes) is 18. The van der Waals surface area contributed by atoms with Crippen LogP contribution in [0.4, 0.5) is 0 Å². The van der Waals surface area contributed by atoms with E-state index >= 15 is 0 Å². The Morgan fingerprint density at radius 2 is 1.10 bits per heavy atom. The molecule has 0 aromatic heterocycles. The number of hydrogen-bond donors (Lipinski definition) is 3. The summed E-state index contributed by atoms with van der Waals surface area (Å²) in [6.45, 7) is 1.29. The smallest absolute Gasteiger partial charge is 0.462 e. The van der Waals surface area contributed by atoms with Gasteiger partial charge in [-0.05, 0) is 6.42 Å². The molecule has 0 saturated heterocycles. The van der Waals surface area contributed by atoms with Gasteiger partial charge < -0.3 is 24.6 Å². The van der Waals surface area contributed by atoms with E-state index in [2.05, 4.69) is 11.4 Å². The van der Waals surface area contributed by atoms with Crippen LogP contribution in [0.2, 0.25) is 0 Å². The molecule has 0 aromatic carbocycles. The molecule has 3 N–H and O–H groups in total. The van der Waals surface area contributed by atoms with Gasteiger partial charge in [-0.1, -0.05) is 122 Å². The SMILES string of the molecule is CCCCCCCCCCCCCCCCCCCCCC(=O)OC[C@H](COP(=O)(O)OC[C@@H](O)CO)OC(C)=O. The number of esters is 2. The number of phosphoric acid groups is 1. The maximum Gasteiger partial charge on any atom is 0.472 e. The second-order valence-electron chi connectivity index (χ2n) is 10.9. The summed E-state index contributed by atoms with van der Waals surface area (Å²) in [5, 5.41) is 17.9. The number of aliphatic hydroxyl groups is 2. The maximum absolute atomic E-state index is 12.0. The van der Waals surface area contributed by atoms with Gasteiger partial charge in [0, 0.05) is 13.3 Å². The lowest BCUT2D eigenvalue weighted by Gasteiger charge is -2.19. The van der Waals surface area contributed by atoms with Crippen LogP contribution in [0.5, 0.6) is 0 Å². The van der Waals surface area contributed by atoms with Gasteiger partial charge in [-0.3, -0.25) is 18.6 Å². The second-order valence-corrected chi connectivity index (χ2v) is 12.4. The average Bonchev–Trinajstić information content (AvgIpc) is 2.94. The van der Waals surface area contributed by atoms with Crippen LogP contribution in [0.25, 0.3) is 0 Å². The first kappa shape index (κ1) is 40.0. The van der Waals surface area contributed by atoms with E-state index in [0.717, 1.165) is 26.2 Å². The van der Waals surface area contributed by atoms with Crippen molar-refractivity contribution in [3.8, 4) is 0 Å². The highest BCUT2D eigenvalue weighted by atomic mass is 31.2. The molecule has 41 heavy (non-hydrogen) atoms. The summed E-state index contributed by atoms with van der Waals surface area (Å²) < 4.78 is 31.2. The third-order valence-corrected chi connectivity index (χ3v) is 7.76. The highest BCUT2D eigenvalue weighted by Gasteiger charge is 2.26. The number of phosphoric ester groups is 1. The van der Waals surface area contributed by atoms with E-state index in [1.165, 1.54) is 96.3 Å². The van der Waals surface area contributed by atoms with Gasteiger partial charge in [0.1, 0.15) is 12.7 Å². The molecule has 0 aliphatic heterocycles. The largest absolute Gasteiger partial charge is 0.472 e. The molecule has 0 amide bonds. The number of hydrogen-bond acceptors (Lipinski definition) is 9. The molecule has 0 aromatic rings. The van der Waals surface area contributed by atoms with Crippen LogP contribution in [0.3, 0.4) is 0 Å². The molecule has 11 heteroatoms. The van der Waals surface area contributed by atoms with Crippen LogP contribution in [-0.2, 0) is 32.7 Å². The Bertz CT molecular complexity index is 676. The van der Waals surface area contributed by atoms with Crippen molar-refractivity contribution in [2.75, 3.05) is 26.4 Å². The molecule has 0 bridgehead atoms. The van der Waals surface area contributed by atoms with E-state index in [-0.39, 0.29) is 13.0 Å². The Labute approximate surface area is 248 Å². The molecule has 0 aliphatic rings. The minimum absolute atomic E-state index is 0.243. The molecule has 0 saturated carbocycles. The quantitative estimate of drug-likeness (QED) is 0.0452. The third-order valence-electron chi connectivity index (χ3n) is 6.81. The second kappa shape index (κ2) is 27.8. The van der Waals surface area contributed by atoms with Crippen molar-refractivity contribution in [2.45, 2.75) is 154 Å². The first-order valence-electron chi connectivity index (χ1n) is 15.9. The van der Waals surface area contributed by atoms with E-state index in [9.17, 15) is 24.2 Å². The lowest BCUT2D eigenvalue weighted by molar-refractivity contribution is -0.159. The lowest BCUT2D eigenvalue weighted by Crippen LogP contribution is -2.29. The molecule has 10 nitrogen and oxygen atoms in total. The van der Waals surface area contributed by atoms with Crippen molar-refractivity contribution in [3.05, 3.63) is 0 Å². The van der Waals surface area contributed by atoms with Crippen LogP contribution in [0.15, 0.2) is 0 Å². The third kappa shape index (κ3) is 28.8. The van der Waals surface area contributed by atoms with Gasteiger partial charge in [0.05, 0.1) is 19.8 Å². The average molecular weight is 611 g/mol. The van der Waals surface area contributed by atoms with Crippen LogP contribution >= 0.6 is 7.82 Å². The minimum Gasteiger partial charge on any atom is -0.462 e. The van der Waals surface area contributed by atoms with Crippen molar-refractivity contribution in [1.29, 1.82) is 0 Å². The van der Waals surface area contributed by atoms with E-state index in [0.29, 0.717) is 6.42 Å². The Kier molecular flexibility index (Phi) is 27.1. The number of aliphatic hydroxyl groups excluding tert-OH is 2. The van der Waals surface area contributed by atoms with Gasteiger partial charge in [-0.25, -0.2) is 4.57 Å². The Hall–Kier alpha value is -1.03. The number of carbonyl (C=O) groups is 2. The zero-order chi connectivity index (χ0) is 30.6. The monoisotopic (exact) mass is 610 g/mol. The predicted molar refractivity (Wildman–Crippen MR) is 159 cm³/mol. The van der Waals surface area contributed by atoms with Gasteiger partial charge in [0.2, 0.25) is 0 Å². The van der Waals surface area contributed by atoms with Gasteiger partial charge in [0.25, 0.3) is 0 Å².